The monoisotopic (exact) mass is 190 g/mol. The fourth-order valence-electron chi connectivity index (χ4n) is 1.07. The minimum absolute atomic E-state index is 0.499. The maximum Gasteiger partial charge on any atom is 0.250 e. The van der Waals surface area contributed by atoms with Crippen LogP contribution < -0.4 is 0 Å². The van der Waals surface area contributed by atoms with E-state index in [1.54, 1.807) is 37.8 Å². The molecule has 0 amide bonds. The maximum atomic E-state index is 9.29. The van der Waals surface area contributed by atoms with E-state index in [4.69, 9.17) is 0 Å². The Bertz CT molecular complexity index is 410. The summed E-state index contributed by atoms with van der Waals surface area (Å²) >= 11 is 0. The van der Waals surface area contributed by atoms with Crippen LogP contribution in [-0.2, 0) is 0 Å². The highest BCUT2D eigenvalue weighted by Crippen LogP contribution is 2.11. The lowest BCUT2D eigenvalue weighted by Crippen LogP contribution is -1.99. The molecule has 5 heteroatoms. The van der Waals surface area contributed by atoms with Crippen LogP contribution in [0.25, 0.3) is 5.95 Å². The zero-order chi connectivity index (χ0) is 9.97. The molecule has 1 atom stereocenters. The van der Waals surface area contributed by atoms with Crippen molar-refractivity contribution in [3.63, 3.8) is 0 Å². The van der Waals surface area contributed by atoms with Crippen molar-refractivity contribution in [3.05, 3.63) is 36.4 Å². The van der Waals surface area contributed by atoms with Gasteiger partial charge in [-0.15, -0.1) is 0 Å². The van der Waals surface area contributed by atoms with Crippen molar-refractivity contribution in [2.24, 2.45) is 0 Å². The van der Waals surface area contributed by atoms with Crippen LogP contribution in [0.1, 0.15) is 18.6 Å². The second kappa shape index (κ2) is 3.55. The lowest BCUT2D eigenvalue weighted by molar-refractivity contribution is 0.199. The second-order valence-electron chi connectivity index (χ2n) is 2.94. The van der Waals surface area contributed by atoms with Gasteiger partial charge in [0, 0.05) is 24.2 Å². The standard InChI is InChI=1S/C9H10N4O/c1-7(14)8-5-12-13(6-8)9-10-3-2-4-11-9/h2-7,14H,1H3. The first-order valence-corrected chi connectivity index (χ1v) is 4.27. The molecule has 0 aromatic carbocycles. The van der Waals surface area contributed by atoms with E-state index in [0.29, 0.717) is 5.95 Å². The summed E-state index contributed by atoms with van der Waals surface area (Å²) in [5, 5.41) is 13.3. The first-order chi connectivity index (χ1) is 6.77. The molecule has 0 fully saturated rings. The molecular formula is C9H10N4O. The molecule has 1 unspecified atom stereocenters. The molecule has 0 spiro atoms. The molecule has 72 valence electrons. The maximum absolute atomic E-state index is 9.29. The van der Waals surface area contributed by atoms with Crippen LogP contribution in [0, 0.1) is 0 Å². The molecule has 0 bridgehead atoms. The zero-order valence-corrected chi connectivity index (χ0v) is 7.70. The highest BCUT2D eigenvalue weighted by atomic mass is 16.3. The average Bonchev–Trinajstić information content (AvgIpc) is 2.68. The Morgan fingerprint density at radius 3 is 2.64 bits per heavy atom. The molecule has 2 rings (SSSR count). The van der Waals surface area contributed by atoms with Gasteiger partial charge in [-0.05, 0) is 13.0 Å². The van der Waals surface area contributed by atoms with Crippen LogP contribution in [0.4, 0.5) is 0 Å². The highest BCUT2D eigenvalue weighted by Gasteiger charge is 2.05. The van der Waals surface area contributed by atoms with Crippen molar-refractivity contribution < 1.29 is 5.11 Å². The molecule has 2 aromatic heterocycles. The summed E-state index contributed by atoms with van der Waals surface area (Å²) in [6.45, 7) is 1.69. The summed E-state index contributed by atoms with van der Waals surface area (Å²) in [5.41, 5.74) is 0.748. The molecule has 2 aromatic rings. The molecule has 0 aliphatic heterocycles. The summed E-state index contributed by atoms with van der Waals surface area (Å²) in [7, 11) is 0. The predicted octanol–water partition coefficient (Wildman–Crippen LogP) is 0.716. The second-order valence-corrected chi connectivity index (χ2v) is 2.94. The van der Waals surface area contributed by atoms with Crippen LogP contribution >= 0.6 is 0 Å². The minimum Gasteiger partial charge on any atom is -0.389 e. The molecular weight excluding hydrogens is 180 g/mol. The van der Waals surface area contributed by atoms with E-state index in [0.717, 1.165) is 5.56 Å². The molecule has 14 heavy (non-hydrogen) atoms. The van der Waals surface area contributed by atoms with E-state index in [2.05, 4.69) is 15.1 Å². The van der Waals surface area contributed by atoms with Gasteiger partial charge in [0.2, 0.25) is 5.95 Å². The molecule has 0 aliphatic carbocycles. The Hall–Kier alpha value is -1.75. The topological polar surface area (TPSA) is 63.8 Å². The van der Waals surface area contributed by atoms with Gasteiger partial charge in [-0.3, -0.25) is 0 Å². The van der Waals surface area contributed by atoms with Gasteiger partial charge < -0.3 is 5.11 Å². The van der Waals surface area contributed by atoms with Gasteiger partial charge >= 0.3 is 0 Å². The van der Waals surface area contributed by atoms with Crippen LogP contribution in [0.3, 0.4) is 0 Å². The van der Waals surface area contributed by atoms with Crippen LogP contribution in [0.2, 0.25) is 0 Å². The first-order valence-electron chi connectivity index (χ1n) is 4.27. The van der Waals surface area contributed by atoms with Gasteiger partial charge in [-0.2, -0.15) is 5.10 Å². The lowest BCUT2D eigenvalue weighted by atomic mass is 10.2. The van der Waals surface area contributed by atoms with Gasteiger partial charge in [0.1, 0.15) is 0 Å². The third kappa shape index (κ3) is 1.62. The van der Waals surface area contributed by atoms with Crippen LogP contribution in [0.15, 0.2) is 30.9 Å². The van der Waals surface area contributed by atoms with Gasteiger partial charge in [-0.25, -0.2) is 14.6 Å². The Labute approximate surface area is 81.1 Å². The first kappa shape index (κ1) is 8.83. The fourth-order valence-corrected chi connectivity index (χ4v) is 1.07. The number of hydrogen-bond acceptors (Lipinski definition) is 4. The van der Waals surface area contributed by atoms with E-state index in [1.807, 2.05) is 0 Å². The summed E-state index contributed by atoms with van der Waals surface area (Å²) in [4.78, 5) is 8.06. The Balaban J connectivity index is 2.34. The smallest absolute Gasteiger partial charge is 0.250 e. The third-order valence-corrected chi connectivity index (χ3v) is 1.84. The van der Waals surface area contributed by atoms with Gasteiger partial charge in [0.05, 0.1) is 12.3 Å². The number of aromatic nitrogens is 4. The fraction of sp³-hybridized carbons (Fsp3) is 0.222. The van der Waals surface area contributed by atoms with Gasteiger partial charge in [-0.1, -0.05) is 0 Å². The zero-order valence-electron chi connectivity index (χ0n) is 7.70. The Kier molecular flexibility index (Phi) is 2.24. The molecule has 0 radical (unpaired) electrons. The van der Waals surface area contributed by atoms with Crippen LogP contribution in [-0.4, -0.2) is 24.9 Å². The van der Waals surface area contributed by atoms with Gasteiger partial charge in [0.15, 0.2) is 0 Å². The van der Waals surface area contributed by atoms with Crippen molar-refractivity contribution in [2.75, 3.05) is 0 Å². The van der Waals surface area contributed by atoms with Crippen molar-refractivity contribution in [1.29, 1.82) is 0 Å². The summed E-state index contributed by atoms with van der Waals surface area (Å²) in [6, 6.07) is 1.74. The van der Waals surface area contributed by atoms with E-state index in [9.17, 15) is 5.11 Å². The molecule has 0 saturated heterocycles. The normalized spacial score (nSPS) is 12.7. The highest BCUT2D eigenvalue weighted by molar-refractivity contribution is 5.14. The summed E-state index contributed by atoms with van der Waals surface area (Å²) in [5.74, 6) is 0.499. The Morgan fingerprint density at radius 1 is 1.36 bits per heavy atom. The molecule has 1 N–H and O–H groups in total. The van der Waals surface area contributed by atoms with Crippen LogP contribution in [0.5, 0.6) is 0 Å². The van der Waals surface area contributed by atoms with E-state index < -0.39 is 6.10 Å². The predicted molar refractivity (Wildman–Crippen MR) is 49.8 cm³/mol. The SMILES string of the molecule is CC(O)c1cnn(-c2ncccn2)c1. The molecule has 0 aliphatic rings. The largest absolute Gasteiger partial charge is 0.389 e. The lowest BCUT2D eigenvalue weighted by Gasteiger charge is -1.98. The Morgan fingerprint density at radius 2 is 2.07 bits per heavy atom. The van der Waals surface area contributed by atoms with Crippen molar-refractivity contribution in [1.82, 2.24) is 19.7 Å². The number of hydrogen-bond donors (Lipinski definition) is 1. The summed E-state index contributed by atoms with van der Waals surface area (Å²) < 4.78 is 1.53. The molecule has 5 nitrogen and oxygen atoms in total. The quantitative estimate of drug-likeness (QED) is 0.757. The average molecular weight is 190 g/mol. The van der Waals surface area contributed by atoms with E-state index in [-0.39, 0.29) is 0 Å². The minimum atomic E-state index is -0.521. The molecule has 2 heterocycles. The van der Waals surface area contributed by atoms with Crippen molar-refractivity contribution in [3.8, 4) is 5.95 Å². The number of rotatable bonds is 2. The summed E-state index contributed by atoms with van der Waals surface area (Å²) in [6.07, 6.45) is 6.08. The number of aliphatic hydroxyl groups excluding tert-OH is 1. The molecule has 0 saturated carbocycles. The number of nitrogens with zero attached hydrogens (tertiary/aromatic N) is 4. The van der Waals surface area contributed by atoms with Gasteiger partial charge in [0.25, 0.3) is 0 Å². The third-order valence-electron chi connectivity index (χ3n) is 1.84. The van der Waals surface area contributed by atoms with Crippen molar-refractivity contribution >= 4 is 0 Å². The van der Waals surface area contributed by atoms with Crippen molar-refractivity contribution in [2.45, 2.75) is 13.0 Å². The number of aliphatic hydroxyl groups is 1. The van der Waals surface area contributed by atoms with E-state index in [1.165, 1.54) is 4.68 Å². The van der Waals surface area contributed by atoms with E-state index >= 15 is 0 Å².